The Bertz CT molecular complexity index is 361. The number of carbonyl (C=O) groups is 1. The Hall–Kier alpha value is -1.31. The van der Waals surface area contributed by atoms with Gasteiger partial charge >= 0.3 is 0 Å². The monoisotopic (exact) mass is 220 g/mol. The first-order chi connectivity index (χ1) is 7.48. The molecule has 16 heavy (non-hydrogen) atoms. The van der Waals surface area contributed by atoms with E-state index < -0.39 is 0 Å². The molecule has 0 atom stereocenters. The standard InChI is InChI=1S/C14H20O2/c1-14(2,3)9-8-12-11(10-15)6-5-7-13(12)16-4/h5-7,10H,8-9H2,1-4H3. The van der Waals surface area contributed by atoms with Crippen molar-refractivity contribution in [3.8, 4) is 5.75 Å². The lowest BCUT2D eigenvalue weighted by atomic mass is 9.87. The summed E-state index contributed by atoms with van der Waals surface area (Å²) < 4.78 is 5.29. The highest BCUT2D eigenvalue weighted by atomic mass is 16.5. The quantitative estimate of drug-likeness (QED) is 0.726. The van der Waals surface area contributed by atoms with Crippen molar-refractivity contribution in [1.29, 1.82) is 0 Å². The van der Waals surface area contributed by atoms with Crippen LogP contribution in [0, 0.1) is 5.41 Å². The molecule has 0 unspecified atom stereocenters. The van der Waals surface area contributed by atoms with Crippen LogP contribution in [0.1, 0.15) is 43.1 Å². The zero-order valence-corrected chi connectivity index (χ0v) is 10.5. The van der Waals surface area contributed by atoms with E-state index in [0.29, 0.717) is 0 Å². The Kier molecular flexibility index (Phi) is 4.11. The number of hydrogen-bond donors (Lipinski definition) is 0. The van der Waals surface area contributed by atoms with Crippen LogP contribution in [0.3, 0.4) is 0 Å². The summed E-state index contributed by atoms with van der Waals surface area (Å²) in [6, 6.07) is 5.60. The number of aldehydes is 1. The smallest absolute Gasteiger partial charge is 0.150 e. The van der Waals surface area contributed by atoms with E-state index in [1.807, 2.05) is 18.2 Å². The molecule has 88 valence electrons. The van der Waals surface area contributed by atoms with Gasteiger partial charge in [-0.05, 0) is 24.3 Å². The van der Waals surface area contributed by atoms with Crippen molar-refractivity contribution in [2.24, 2.45) is 5.41 Å². The fourth-order valence-corrected chi connectivity index (χ4v) is 1.65. The Balaban J connectivity index is 2.95. The highest BCUT2D eigenvalue weighted by Gasteiger charge is 2.14. The third-order valence-electron chi connectivity index (χ3n) is 2.64. The molecule has 0 fully saturated rings. The van der Waals surface area contributed by atoms with Crippen LogP contribution in [0.4, 0.5) is 0 Å². The molecule has 0 saturated carbocycles. The summed E-state index contributed by atoms with van der Waals surface area (Å²) in [4.78, 5) is 11.0. The fourth-order valence-electron chi connectivity index (χ4n) is 1.65. The average Bonchev–Trinajstić information content (AvgIpc) is 2.24. The summed E-state index contributed by atoms with van der Waals surface area (Å²) in [7, 11) is 1.64. The second-order valence-electron chi connectivity index (χ2n) is 5.21. The summed E-state index contributed by atoms with van der Waals surface area (Å²) in [6.07, 6.45) is 2.82. The molecule has 0 N–H and O–H groups in total. The molecule has 0 bridgehead atoms. The van der Waals surface area contributed by atoms with Crippen LogP contribution in [-0.2, 0) is 6.42 Å². The summed E-state index contributed by atoms with van der Waals surface area (Å²) in [5.74, 6) is 0.814. The maximum absolute atomic E-state index is 11.0. The molecule has 0 aliphatic rings. The Morgan fingerprint density at radius 3 is 2.50 bits per heavy atom. The Morgan fingerprint density at radius 1 is 1.31 bits per heavy atom. The van der Waals surface area contributed by atoms with Gasteiger partial charge in [-0.3, -0.25) is 4.79 Å². The van der Waals surface area contributed by atoms with Crippen molar-refractivity contribution in [2.45, 2.75) is 33.6 Å². The van der Waals surface area contributed by atoms with Crippen LogP contribution in [0.2, 0.25) is 0 Å². The molecule has 1 rings (SSSR count). The molecule has 0 aromatic heterocycles. The Morgan fingerprint density at radius 2 is 2.00 bits per heavy atom. The largest absolute Gasteiger partial charge is 0.496 e. The first-order valence-electron chi connectivity index (χ1n) is 5.59. The Labute approximate surface area is 97.6 Å². The first-order valence-corrected chi connectivity index (χ1v) is 5.59. The van der Waals surface area contributed by atoms with Crippen molar-refractivity contribution in [1.82, 2.24) is 0 Å². The van der Waals surface area contributed by atoms with Crippen LogP contribution in [0.5, 0.6) is 5.75 Å². The number of hydrogen-bond acceptors (Lipinski definition) is 2. The highest BCUT2D eigenvalue weighted by molar-refractivity contribution is 5.78. The summed E-state index contributed by atoms with van der Waals surface area (Å²) in [6.45, 7) is 6.59. The molecule has 1 aromatic rings. The van der Waals surface area contributed by atoms with E-state index in [-0.39, 0.29) is 5.41 Å². The van der Waals surface area contributed by atoms with Crippen molar-refractivity contribution in [2.75, 3.05) is 7.11 Å². The average molecular weight is 220 g/mol. The van der Waals surface area contributed by atoms with Gasteiger partial charge in [-0.1, -0.05) is 32.9 Å². The van der Waals surface area contributed by atoms with Crippen molar-refractivity contribution in [3.05, 3.63) is 29.3 Å². The lowest BCUT2D eigenvalue weighted by molar-refractivity contribution is 0.112. The van der Waals surface area contributed by atoms with Gasteiger partial charge < -0.3 is 4.74 Å². The van der Waals surface area contributed by atoms with E-state index in [1.165, 1.54) is 0 Å². The predicted molar refractivity (Wildman–Crippen MR) is 66.2 cm³/mol. The van der Waals surface area contributed by atoms with Crippen molar-refractivity contribution >= 4 is 6.29 Å². The molecule has 0 saturated heterocycles. The summed E-state index contributed by atoms with van der Waals surface area (Å²) in [5.41, 5.74) is 2.03. The maximum atomic E-state index is 11.0. The van der Waals surface area contributed by atoms with Gasteiger partial charge in [-0.2, -0.15) is 0 Å². The minimum Gasteiger partial charge on any atom is -0.496 e. The highest BCUT2D eigenvalue weighted by Crippen LogP contribution is 2.27. The van der Waals surface area contributed by atoms with Gasteiger partial charge in [-0.25, -0.2) is 0 Å². The van der Waals surface area contributed by atoms with E-state index >= 15 is 0 Å². The van der Waals surface area contributed by atoms with E-state index in [0.717, 1.165) is 36.0 Å². The van der Waals surface area contributed by atoms with Crippen LogP contribution in [0.15, 0.2) is 18.2 Å². The van der Waals surface area contributed by atoms with Crippen LogP contribution in [-0.4, -0.2) is 13.4 Å². The van der Waals surface area contributed by atoms with Crippen molar-refractivity contribution in [3.63, 3.8) is 0 Å². The number of benzene rings is 1. The molecular weight excluding hydrogens is 200 g/mol. The number of methoxy groups -OCH3 is 1. The zero-order valence-electron chi connectivity index (χ0n) is 10.5. The second-order valence-corrected chi connectivity index (χ2v) is 5.21. The van der Waals surface area contributed by atoms with E-state index in [2.05, 4.69) is 20.8 Å². The van der Waals surface area contributed by atoms with Gasteiger partial charge in [0.25, 0.3) is 0 Å². The third kappa shape index (κ3) is 3.37. The van der Waals surface area contributed by atoms with Crippen molar-refractivity contribution < 1.29 is 9.53 Å². The van der Waals surface area contributed by atoms with E-state index in [4.69, 9.17) is 4.74 Å². The van der Waals surface area contributed by atoms with Gasteiger partial charge in [0.05, 0.1) is 7.11 Å². The first kappa shape index (κ1) is 12.8. The van der Waals surface area contributed by atoms with Crippen LogP contribution >= 0.6 is 0 Å². The molecule has 2 heteroatoms. The molecule has 0 amide bonds. The van der Waals surface area contributed by atoms with Gasteiger partial charge in [0.1, 0.15) is 12.0 Å². The topological polar surface area (TPSA) is 26.3 Å². The molecule has 1 aromatic carbocycles. The molecule has 0 radical (unpaired) electrons. The molecule has 0 aliphatic heterocycles. The van der Waals surface area contributed by atoms with Gasteiger partial charge in [0.2, 0.25) is 0 Å². The maximum Gasteiger partial charge on any atom is 0.150 e. The summed E-state index contributed by atoms with van der Waals surface area (Å²) in [5, 5.41) is 0. The SMILES string of the molecule is COc1cccc(C=O)c1CCC(C)(C)C. The molecule has 0 heterocycles. The summed E-state index contributed by atoms with van der Waals surface area (Å²) >= 11 is 0. The lowest BCUT2D eigenvalue weighted by Crippen LogP contribution is -2.08. The van der Waals surface area contributed by atoms with Gasteiger partial charge in [-0.15, -0.1) is 0 Å². The van der Waals surface area contributed by atoms with E-state index in [9.17, 15) is 4.79 Å². The normalized spacial score (nSPS) is 11.2. The van der Waals surface area contributed by atoms with Gasteiger partial charge in [0.15, 0.2) is 0 Å². The number of ether oxygens (including phenoxy) is 1. The van der Waals surface area contributed by atoms with Crippen LogP contribution in [0.25, 0.3) is 0 Å². The molecular formula is C14H20O2. The van der Waals surface area contributed by atoms with E-state index in [1.54, 1.807) is 7.11 Å². The second kappa shape index (κ2) is 5.15. The molecule has 0 spiro atoms. The lowest BCUT2D eigenvalue weighted by Gasteiger charge is -2.19. The molecule has 0 aliphatic carbocycles. The zero-order chi connectivity index (χ0) is 12.2. The van der Waals surface area contributed by atoms with Crippen LogP contribution < -0.4 is 4.74 Å². The number of carbonyl (C=O) groups excluding carboxylic acids is 1. The third-order valence-corrected chi connectivity index (χ3v) is 2.64. The number of rotatable bonds is 4. The molecule has 2 nitrogen and oxygen atoms in total. The van der Waals surface area contributed by atoms with Gasteiger partial charge in [0, 0.05) is 11.1 Å². The predicted octanol–water partition coefficient (Wildman–Crippen LogP) is 3.49. The minimum absolute atomic E-state index is 0.265. The minimum atomic E-state index is 0.265. The fraction of sp³-hybridized carbons (Fsp3) is 0.500.